The summed E-state index contributed by atoms with van der Waals surface area (Å²) in [5.41, 5.74) is 3.93. The number of aliphatic hydroxyl groups is 2. The second kappa shape index (κ2) is 8.75. The van der Waals surface area contributed by atoms with E-state index in [0.717, 1.165) is 42.6 Å². The molecule has 0 unspecified atom stereocenters. The van der Waals surface area contributed by atoms with Crippen molar-refractivity contribution in [1.29, 1.82) is 0 Å². The zero-order chi connectivity index (χ0) is 17.7. The second-order valence-corrected chi connectivity index (χ2v) is 7.21. The Bertz CT molecular complexity index is 568. The maximum absolute atomic E-state index is 12.4. The van der Waals surface area contributed by atoms with Crippen molar-refractivity contribution in [3.63, 3.8) is 0 Å². The highest BCUT2D eigenvalue weighted by Crippen LogP contribution is 2.34. The largest absolute Gasteiger partial charge is 0.392 e. The zero-order valence-corrected chi connectivity index (χ0v) is 15.2. The zero-order valence-electron chi connectivity index (χ0n) is 15.2. The normalized spacial score (nSPS) is 18.0. The molecular formula is C20H31NO3. The first-order valence-corrected chi connectivity index (χ1v) is 9.12. The van der Waals surface area contributed by atoms with Crippen molar-refractivity contribution in [2.75, 3.05) is 13.1 Å². The molecule has 0 saturated heterocycles. The summed E-state index contributed by atoms with van der Waals surface area (Å²) in [6.07, 6.45) is 3.05. The van der Waals surface area contributed by atoms with Crippen LogP contribution in [0.5, 0.6) is 0 Å². The molecule has 0 amide bonds. The van der Waals surface area contributed by atoms with Gasteiger partial charge in [-0.3, -0.25) is 9.69 Å². The molecule has 1 aliphatic rings. The summed E-state index contributed by atoms with van der Waals surface area (Å²) < 4.78 is 0. The SMILES string of the molecule is CCN1CCc2cc(CO)c(CO)cc2[C@@H]1CC(=O)CCC(C)C. The number of hydrogen-bond acceptors (Lipinski definition) is 4. The van der Waals surface area contributed by atoms with E-state index in [1.807, 2.05) is 12.1 Å². The van der Waals surface area contributed by atoms with Crippen molar-refractivity contribution in [2.45, 2.75) is 65.7 Å². The monoisotopic (exact) mass is 333 g/mol. The molecule has 1 aromatic rings. The number of rotatable bonds is 8. The molecule has 0 spiro atoms. The van der Waals surface area contributed by atoms with Crippen LogP contribution in [-0.2, 0) is 24.4 Å². The molecule has 2 N–H and O–H groups in total. The standard InChI is InChI=1S/C20H31NO3/c1-4-21-8-7-15-9-16(12-22)17(13-23)10-19(15)20(21)11-18(24)6-5-14(2)3/h9-10,14,20,22-23H,4-8,11-13H2,1-3H3/t20-/m0/s1. The average Bonchev–Trinajstić information content (AvgIpc) is 2.58. The van der Waals surface area contributed by atoms with Crippen LogP contribution in [0.1, 0.15) is 68.3 Å². The number of carbonyl (C=O) groups excluding carboxylic acids is 1. The molecule has 1 aromatic carbocycles. The van der Waals surface area contributed by atoms with Gasteiger partial charge in [-0.2, -0.15) is 0 Å². The quantitative estimate of drug-likeness (QED) is 0.768. The average molecular weight is 333 g/mol. The van der Waals surface area contributed by atoms with Crippen LogP contribution in [0.25, 0.3) is 0 Å². The number of ketones is 1. The van der Waals surface area contributed by atoms with Gasteiger partial charge in [0.25, 0.3) is 0 Å². The van der Waals surface area contributed by atoms with Crippen LogP contribution in [0.15, 0.2) is 12.1 Å². The summed E-state index contributed by atoms with van der Waals surface area (Å²) in [7, 11) is 0. The van der Waals surface area contributed by atoms with Gasteiger partial charge in [-0.05, 0) is 47.6 Å². The Labute approximate surface area is 145 Å². The molecule has 24 heavy (non-hydrogen) atoms. The highest BCUT2D eigenvalue weighted by molar-refractivity contribution is 5.79. The summed E-state index contributed by atoms with van der Waals surface area (Å²) in [5.74, 6) is 0.861. The third kappa shape index (κ3) is 4.44. The Kier molecular flexibility index (Phi) is 6.96. The molecule has 0 fully saturated rings. The van der Waals surface area contributed by atoms with Crippen LogP contribution in [0.2, 0.25) is 0 Å². The van der Waals surface area contributed by atoms with Crippen molar-refractivity contribution >= 4 is 5.78 Å². The van der Waals surface area contributed by atoms with Gasteiger partial charge >= 0.3 is 0 Å². The predicted molar refractivity (Wildman–Crippen MR) is 95.7 cm³/mol. The molecule has 0 aliphatic carbocycles. The van der Waals surface area contributed by atoms with Gasteiger partial charge in [0.1, 0.15) is 5.78 Å². The number of aliphatic hydroxyl groups excluding tert-OH is 2. The minimum atomic E-state index is -0.0800. The van der Waals surface area contributed by atoms with E-state index < -0.39 is 0 Å². The van der Waals surface area contributed by atoms with Crippen molar-refractivity contribution in [2.24, 2.45) is 5.92 Å². The van der Waals surface area contributed by atoms with E-state index in [2.05, 4.69) is 25.7 Å². The van der Waals surface area contributed by atoms with Crippen LogP contribution >= 0.6 is 0 Å². The Morgan fingerprint density at radius 1 is 1.25 bits per heavy atom. The predicted octanol–water partition coefficient (Wildman–Crippen LogP) is 2.99. The van der Waals surface area contributed by atoms with Gasteiger partial charge < -0.3 is 10.2 Å². The number of Topliss-reactive ketones (excluding diaryl/α,β-unsaturated/α-hetero) is 1. The number of hydrogen-bond donors (Lipinski definition) is 2. The fourth-order valence-corrected chi connectivity index (χ4v) is 3.58. The lowest BCUT2D eigenvalue weighted by atomic mass is 9.86. The molecule has 1 aliphatic heterocycles. The molecule has 0 saturated carbocycles. The minimum absolute atomic E-state index is 0.0569. The highest BCUT2D eigenvalue weighted by Gasteiger charge is 2.29. The first kappa shape index (κ1) is 19.1. The van der Waals surface area contributed by atoms with Crippen molar-refractivity contribution in [1.82, 2.24) is 4.90 Å². The Hall–Kier alpha value is -1.23. The third-order valence-electron chi connectivity index (χ3n) is 5.10. The lowest BCUT2D eigenvalue weighted by Crippen LogP contribution is -2.36. The van der Waals surface area contributed by atoms with Gasteiger partial charge in [-0.1, -0.05) is 32.9 Å². The maximum Gasteiger partial charge on any atom is 0.134 e. The van der Waals surface area contributed by atoms with Crippen LogP contribution in [0.3, 0.4) is 0 Å². The van der Waals surface area contributed by atoms with E-state index in [1.165, 1.54) is 5.56 Å². The molecule has 0 bridgehead atoms. The minimum Gasteiger partial charge on any atom is -0.392 e. The van der Waals surface area contributed by atoms with Gasteiger partial charge in [0.05, 0.1) is 13.2 Å². The molecule has 2 rings (SSSR count). The lowest BCUT2D eigenvalue weighted by molar-refractivity contribution is -0.120. The van der Waals surface area contributed by atoms with Gasteiger partial charge in [-0.15, -0.1) is 0 Å². The molecule has 134 valence electrons. The van der Waals surface area contributed by atoms with E-state index in [4.69, 9.17) is 0 Å². The van der Waals surface area contributed by atoms with Crippen molar-refractivity contribution < 1.29 is 15.0 Å². The lowest BCUT2D eigenvalue weighted by Gasteiger charge is -2.37. The van der Waals surface area contributed by atoms with E-state index in [-0.39, 0.29) is 19.3 Å². The van der Waals surface area contributed by atoms with Crippen LogP contribution in [0, 0.1) is 5.92 Å². The first-order chi connectivity index (χ1) is 11.5. The van der Waals surface area contributed by atoms with Crippen molar-refractivity contribution in [3.05, 3.63) is 34.4 Å². The van der Waals surface area contributed by atoms with E-state index in [1.54, 1.807) is 0 Å². The summed E-state index contributed by atoms with van der Waals surface area (Å²) in [6.45, 7) is 8.14. The van der Waals surface area contributed by atoms with Gasteiger partial charge in [0.15, 0.2) is 0 Å². The molecule has 1 atom stereocenters. The maximum atomic E-state index is 12.4. The van der Waals surface area contributed by atoms with Crippen LogP contribution in [0.4, 0.5) is 0 Å². The fraction of sp³-hybridized carbons (Fsp3) is 0.650. The van der Waals surface area contributed by atoms with Gasteiger partial charge in [0, 0.05) is 25.4 Å². The van der Waals surface area contributed by atoms with Gasteiger partial charge in [0.2, 0.25) is 0 Å². The molecule has 0 aromatic heterocycles. The van der Waals surface area contributed by atoms with E-state index >= 15 is 0 Å². The molecule has 0 radical (unpaired) electrons. The van der Waals surface area contributed by atoms with Crippen LogP contribution < -0.4 is 0 Å². The third-order valence-corrected chi connectivity index (χ3v) is 5.10. The number of nitrogens with zero attached hydrogens (tertiary/aromatic N) is 1. The number of benzene rings is 1. The summed E-state index contributed by atoms with van der Waals surface area (Å²) in [6, 6.07) is 4.11. The molecular weight excluding hydrogens is 302 g/mol. The Morgan fingerprint density at radius 2 is 1.92 bits per heavy atom. The number of fused-ring (bicyclic) bond motifs is 1. The highest BCUT2D eigenvalue weighted by atomic mass is 16.3. The van der Waals surface area contributed by atoms with Crippen LogP contribution in [-0.4, -0.2) is 34.0 Å². The molecule has 4 nitrogen and oxygen atoms in total. The van der Waals surface area contributed by atoms with E-state index in [0.29, 0.717) is 24.5 Å². The summed E-state index contributed by atoms with van der Waals surface area (Å²) in [4.78, 5) is 14.8. The topological polar surface area (TPSA) is 60.8 Å². The number of carbonyl (C=O) groups is 1. The van der Waals surface area contributed by atoms with Gasteiger partial charge in [-0.25, -0.2) is 0 Å². The Morgan fingerprint density at radius 3 is 2.50 bits per heavy atom. The van der Waals surface area contributed by atoms with Crippen molar-refractivity contribution in [3.8, 4) is 0 Å². The first-order valence-electron chi connectivity index (χ1n) is 9.12. The molecule has 1 heterocycles. The summed E-state index contributed by atoms with van der Waals surface area (Å²) >= 11 is 0. The summed E-state index contributed by atoms with van der Waals surface area (Å²) in [5, 5.41) is 19.1. The molecule has 4 heteroatoms. The number of likely N-dealkylation sites (N-methyl/N-ethyl adjacent to an activating group) is 1. The smallest absolute Gasteiger partial charge is 0.134 e. The van der Waals surface area contributed by atoms with E-state index in [9.17, 15) is 15.0 Å². The second-order valence-electron chi connectivity index (χ2n) is 7.21. The fourth-order valence-electron chi connectivity index (χ4n) is 3.58. The Balaban J connectivity index is 2.27.